The van der Waals surface area contributed by atoms with Gasteiger partial charge in [-0.05, 0) is 80.4 Å². The molecule has 1 aromatic carbocycles. The summed E-state index contributed by atoms with van der Waals surface area (Å²) in [7, 11) is 0. The Morgan fingerprint density at radius 2 is 1.48 bits per heavy atom. The number of halogens is 5. The number of hydrogen-bond acceptors (Lipinski definition) is 1. The van der Waals surface area contributed by atoms with Crippen molar-refractivity contribution in [1.82, 2.24) is 0 Å². The van der Waals surface area contributed by atoms with Crippen LogP contribution in [-0.4, -0.2) is 6.36 Å². The highest BCUT2D eigenvalue weighted by Crippen LogP contribution is 2.42. The van der Waals surface area contributed by atoms with Gasteiger partial charge in [0.25, 0.3) is 0 Å². The maximum absolute atomic E-state index is 13.7. The van der Waals surface area contributed by atoms with E-state index in [0.29, 0.717) is 5.92 Å². The van der Waals surface area contributed by atoms with Crippen LogP contribution >= 0.6 is 0 Å². The van der Waals surface area contributed by atoms with Crippen LogP contribution < -0.4 is 4.74 Å². The lowest BCUT2D eigenvalue weighted by Gasteiger charge is -2.37. The lowest BCUT2D eigenvalue weighted by atomic mass is 9.69. The van der Waals surface area contributed by atoms with E-state index in [9.17, 15) is 22.0 Å². The lowest BCUT2D eigenvalue weighted by Crippen LogP contribution is -2.25. The summed E-state index contributed by atoms with van der Waals surface area (Å²) in [5, 5.41) is 0. The fraction of sp³-hybridized carbons (Fsp3) is 0.600. The summed E-state index contributed by atoms with van der Waals surface area (Å²) >= 11 is 0. The molecule has 2 fully saturated rings. The average Bonchev–Trinajstić information content (AvgIpc) is 2.74. The third kappa shape index (κ3) is 6.98. The van der Waals surface area contributed by atoms with E-state index in [-0.39, 0.29) is 5.56 Å². The van der Waals surface area contributed by atoms with Gasteiger partial charge in [0, 0.05) is 5.56 Å². The molecule has 2 aliphatic rings. The molecule has 0 bridgehead atoms. The summed E-state index contributed by atoms with van der Waals surface area (Å²) in [4.78, 5) is 0. The van der Waals surface area contributed by atoms with Crippen LogP contribution in [0.4, 0.5) is 22.0 Å². The molecule has 3 rings (SSSR count). The van der Waals surface area contributed by atoms with Gasteiger partial charge >= 0.3 is 6.36 Å². The molecule has 0 amide bonds. The first-order chi connectivity index (χ1) is 14.7. The van der Waals surface area contributed by atoms with E-state index in [1.165, 1.54) is 44.9 Å². The van der Waals surface area contributed by atoms with E-state index in [4.69, 9.17) is 0 Å². The van der Waals surface area contributed by atoms with Crippen LogP contribution in [0.25, 0.3) is 0 Å². The minimum absolute atomic E-state index is 0.0411. The second-order valence-electron chi connectivity index (χ2n) is 8.81. The highest BCUT2D eigenvalue weighted by molar-refractivity contribution is 5.42. The molecule has 0 radical (unpaired) electrons. The Bertz CT molecular complexity index is 794. The Morgan fingerprint density at radius 1 is 0.935 bits per heavy atom. The first kappa shape index (κ1) is 23.6. The third-order valence-electron chi connectivity index (χ3n) is 6.84. The first-order valence-electron chi connectivity index (χ1n) is 11.2. The highest BCUT2D eigenvalue weighted by atomic mass is 19.4. The average molecular weight is 440 g/mol. The predicted octanol–water partition coefficient (Wildman–Crippen LogP) is 7.79. The summed E-state index contributed by atoms with van der Waals surface area (Å²) in [6, 6.07) is 1.48. The van der Waals surface area contributed by atoms with Gasteiger partial charge < -0.3 is 4.74 Å². The van der Waals surface area contributed by atoms with Crippen LogP contribution in [0.5, 0.6) is 5.75 Å². The summed E-state index contributed by atoms with van der Waals surface area (Å²) in [5.74, 6) is 4.05. The monoisotopic (exact) mass is 440 g/mol. The zero-order valence-electron chi connectivity index (χ0n) is 17.8. The first-order valence-corrected chi connectivity index (χ1v) is 11.2. The van der Waals surface area contributed by atoms with Crippen LogP contribution in [-0.2, 0) is 0 Å². The smallest absolute Gasteiger partial charge is 0.399 e. The Hall–Kier alpha value is -2.03. The third-order valence-corrected chi connectivity index (χ3v) is 6.84. The normalized spacial score (nSPS) is 27.0. The number of benzene rings is 1. The van der Waals surface area contributed by atoms with Crippen molar-refractivity contribution in [2.24, 2.45) is 23.7 Å². The number of allylic oxidation sites excluding steroid dienone is 2. The van der Waals surface area contributed by atoms with Crippen molar-refractivity contribution in [1.29, 1.82) is 0 Å². The van der Waals surface area contributed by atoms with Gasteiger partial charge in [0.2, 0.25) is 5.75 Å². The quantitative estimate of drug-likeness (QED) is 0.343. The van der Waals surface area contributed by atoms with Crippen molar-refractivity contribution in [3.8, 4) is 17.6 Å². The molecule has 0 saturated heterocycles. The van der Waals surface area contributed by atoms with Gasteiger partial charge in [-0.3, -0.25) is 0 Å². The zero-order chi connectivity index (χ0) is 22.4. The standard InChI is InChI=1S/C25H29F5O/c1-2-17-7-11-20(12-8-17)21-13-9-18(10-14-21)5-3-4-6-19-15-22(26)24(23(27)16-19)31-25(28,29)30/h3,5,15-18,20-21H,2,7-14H2,1H3. The molecule has 6 heteroatoms. The van der Waals surface area contributed by atoms with Gasteiger partial charge in [-0.1, -0.05) is 44.1 Å². The zero-order valence-corrected chi connectivity index (χ0v) is 17.8. The fourth-order valence-electron chi connectivity index (χ4n) is 5.03. The van der Waals surface area contributed by atoms with Crippen molar-refractivity contribution in [3.05, 3.63) is 41.5 Å². The highest BCUT2D eigenvalue weighted by Gasteiger charge is 2.34. The van der Waals surface area contributed by atoms with Crippen LogP contribution in [0.15, 0.2) is 24.3 Å². The Morgan fingerprint density at radius 3 is 2.00 bits per heavy atom. The predicted molar refractivity (Wildman–Crippen MR) is 110 cm³/mol. The largest absolute Gasteiger partial charge is 0.573 e. The summed E-state index contributed by atoms with van der Waals surface area (Å²) in [6.45, 7) is 2.29. The Kier molecular flexibility index (Phi) is 8.02. The van der Waals surface area contributed by atoms with E-state index < -0.39 is 23.7 Å². The summed E-state index contributed by atoms with van der Waals surface area (Å²) in [6.07, 6.45) is 10.1. The van der Waals surface area contributed by atoms with E-state index >= 15 is 0 Å². The Labute approximate surface area is 181 Å². The van der Waals surface area contributed by atoms with Crippen molar-refractivity contribution >= 4 is 0 Å². The van der Waals surface area contributed by atoms with Crippen LogP contribution in [0, 0.1) is 47.1 Å². The molecule has 0 atom stereocenters. The van der Waals surface area contributed by atoms with Gasteiger partial charge in [-0.15, -0.1) is 13.2 Å². The fourth-order valence-corrected chi connectivity index (χ4v) is 5.03. The molecule has 31 heavy (non-hydrogen) atoms. The summed E-state index contributed by atoms with van der Waals surface area (Å²) < 4.78 is 67.4. The second-order valence-corrected chi connectivity index (χ2v) is 8.81. The molecule has 0 spiro atoms. The van der Waals surface area contributed by atoms with E-state index in [2.05, 4.69) is 23.5 Å². The molecule has 2 saturated carbocycles. The van der Waals surface area contributed by atoms with Crippen molar-refractivity contribution in [3.63, 3.8) is 0 Å². The van der Waals surface area contributed by atoms with E-state index in [1.54, 1.807) is 6.08 Å². The molecular weight excluding hydrogens is 411 g/mol. The number of rotatable bonds is 4. The Balaban J connectivity index is 1.49. The minimum Gasteiger partial charge on any atom is -0.399 e. The van der Waals surface area contributed by atoms with Gasteiger partial charge in [0.05, 0.1) is 0 Å². The molecule has 2 aliphatic carbocycles. The topological polar surface area (TPSA) is 9.23 Å². The van der Waals surface area contributed by atoms with Gasteiger partial charge in [0.1, 0.15) is 0 Å². The minimum atomic E-state index is -5.16. The van der Waals surface area contributed by atoms with Crippen LogP contribution in [0.2, 0.25) is 0 Å². The maximum Gasteiger partial charge on any atom is 0.573 e. The molecule has 1 aromatic rings. The van der Waals surface area contributed by atoms with Crippen LogP contribution in [0.3, 0.4) is 0 Å². The molecule has 0 aliphatic heterocycles. The van der Waals surface area contributed by atoms with Crippen LogP contribution in [0.1, 0.15) is 70.3 Å². The molecule has 0 heterocycles. The number of ether oxygens (including phenoxy) is 1. The van der Waals surface area contributed by atoms with E-state index in [1.807, 2.05) is 6.08 Å². The van der Waals surface area contributed by atoms with Gasteiger partial charge in [-0.25, -0.2) is 8.78 Å². The number of hydrogen-bond donors (Lipinski definition) is 0. The van der Waals surface area contributed by atoms with Gasteiger partial charge in [-0.2, -0.15) is 0 Å². The molecule has 0 unspecified atom stereocenters. The molecule has 0 N–H and O–H groups in total. The molecular formula is C25H29F5O. The molecule has 170 valence electrons. The SMILES string of the molecule is CCC1CCC(C2CCC(C=CC#Cc3cc(F)c(OC(F)(F)F)c(F)c3)CC2)CC1. The summed E-state index contributed by atoms with van der Waals surface area (Å²) in [5.41, 5.74) is -0.0411. The van der Waals surface area contributed by atoms with Crippen molar-refractivity contribution in [2.45, 2.75) is 71.1 Å². The van der Waals surface area contributed by atoms with Gasteiger partial charge in [0.15, 0.2) is 11.6 Å². The molecule has 1 nitrogen and oxygen atoms in total. The molecule has 0 aromatic heterocycles. The number of alkyl halides is 3. The van der Waals surface area contributed by atoms with E-state index in [0.717, 1.165) is 42.7 Å². The lowest BCUT2D eigenvalue weighted by molar-refractivity contribution is -0.276. The maximum atomic E-state index is 13.7. The second kappa shape index (κ2) is 10.5. The van der Waals surface area contributed by atoms with Crippen molar-refractivity contribution in [2.75, 3.05) is 0 Å². The van der Waals surface area contributed by atoms with Crippen molar-refractivity contribution < 1.29 is 26.7 Å².